The number of nitrogens with two attached hydrogens (primary N) is 1. The largest absolute Gasteiger partial charge is 0.370 e. The lowest BCUT2D eigenvalue weighted by molar-refractivity contribution is 0.508. The second-order valence-electron chi connectivity index (χ2n) is 6.02. The fourth-order valence-corrected chi connectivity index (χ4v) is 1.88. The Morgan fingerprint density at radius 3 is 2.68 bits per heavy atom. The van der Waals surface area contributed by atoms with Crippen LogP contribution in [0.3, 0.4) is 0 Å². The molecule has 0 unspecified atom stereocenters. The molecule has 0 saturated heterocycles. The fourth-order valence-electron chi connectivity index (χ4n) is 1.88. The van der Waals surface area contributed by atoms with E-state index in [1.54, 1.807) is 0 Å². The number of nitrogens with zero attached hydrogens (tertiary/aromatic N) is 3. The summed E-state index contributed by atoms with van der Waals surface area (Å²) in [7, 11) is 0. The van der Waals surface area contributed by atoms with Crippen LogP contribution in [0.5, 0.6) is 0 Å². The van der Waals surface area contributed by atoms with Crippen molar-refractivity contribution in [3.05, 3.63) is 35.7 Å². The smallest absolute Gasteiger partial charge is 0.189 e. The zero-order chi connectivity index (χ0) is 15.5. The Morgan fingerprint density at radius 2 is 2.09 bits per heavy atom. The number of hydrogen-bond donors (Lipinski definition) is 3. The number of H-pyrrole nitrogens is 1. The Bertz CT molecular complexity index is 641. The highest BCUT2D eigenvalue weighted by atomic mass is 127. The van der Waals surface area contributed by atoms with Crippen LogP contribution in [0.4, 0.5) is 0 Å². The van der Waals surface area contributed by atoms with Gasteiger partial charge in [0.2, 0.25) is 0 Å². The van der Waals surface area contributed by atoms with Crippen molar-refractivity contribution in [1.29, 1.82) is 0 Å². The van der Waals surface area contributed by atoms with Crippen molar-refractivity contribution in [2.75, 3.05) is 0 Å². The number of aryl methyl sites for hydroxylation is 1. The van der Waals surface area contributed by atoms with E-state index in [0.717, 1.165) is 17.0 Å². The maximum absolute atomic E-state index is 5.87. The molecular weight excluding hydrogens is 391 g/mol. The van der Waals surface area contributed by atoms with Gasteiger partial charge in [-0.25, -0.2) is 9.98 Å². The van der Waals surface area contributed by atoms with Gasteiger partial charge in [-0.1, -0.05) is 18.2 Å². The molecule has 0 atom stereocenters. The van der Waals surface area contributed by atoms with Gasteiger partial charge in [0.1, 0.15) is 5.82 Å². The van der Waals surface area contributed by atoms with E-state index in [-0.39, 0.29) is 29.5 Å². The topological polar surface area (TPSA) is 92.0 Å². The monoisotopic (exact) mass is 414 g/mol. The van der Waals surface area contributed by atoms with E-state index in [9.17, 15) is 0 Å². The quantitative estimate of drug-likeness (QED) is 0.409. The molecule has 0 aliphatic heterocycles. The van der Waals surface area contributed by atoms with Gasteiger partial charge in [0.05, 0.1) is 6.54 Å². The first-order chi connectivity index (χ1) is 9.83. The number of aliphatic imine (C=N–C) groups is 1. The van der Waals surface area contributed by atoms with Gasteiger partial charge in [0.25, 0.3) is 0 Å². The van der Waals surface area contributed by atoms with Gasteiger partial charge in [0, 0.05) is 11.1 Å². The van der Waals surface area contributed by atoms with Crippen LogP contribution in [-0.4, -0.2) is 26.7 Å². The minimum atomic E-state index is -0.0913. The lowest BCUT2D eigenvalue weighted by Crippen LogP contribution is -2.44. The molecule has 0 bridgehead atoms. The molecule has 120 valence electrons. The first kappa shape index (κ1) is 18.4. The van der Waals surface area contributed by atoms with Crippen LogP contribution < -0.4 is 11.1 Å². The molecular formula is C15H23IN6. The van der Waals surface area contributed by atoms with E-state index in [4.69, 9.17) is 5.73 Å². The molecule has 0 aliphatic rings. The summed E-state index contributed by atoms with van der Waals surface area (Å²) in [4.78, 5) is 8.68. The molecule has 0 aliphatic carbocycles. The van der Waals surface area contributed by atoms with Crippen LogP contribution in [0.15, 0.2) is 29.3 Å². The first-order valence-electron chi connectivity index (χ1n) is 6.90. The SMILES string of the molecule is Cc1nc(-c2cccc(CN=C(N)NC(C)(C)C)c2)n[nH]1.I. The molecule has 0 spiro atoms. The molecule has 1 aromatic carbocycles. The summed E-state index contributed by atoms with van der Waals surface area (Å²) in [6.07, 6.45) is 0. The van der Waals surface area contributed by atoms with Gasteiger partial charge in [0.15, 0.2) is 11.8 Å². The van der Waals surface area contributed by atoms with Gasteiger partial charge in [-0.15, -0.1) is 24.0 Å². The molecule has 0 saturated carbocycles. The second-order valence-corrected chi connectivity index (χ2v) is 6.02. The fraction of sp³-hybridized carbons (Fsp3) is 0.400. The van der Waals surface area contributed by atoms with Crippen LogP contribution in [0.2, 0.25) is 0 Å². The van der Waals surface area contributed by atoms with Gasteiger partial charge in [-0.3, -0.25) is 5.10 Å². The number of aromatic amines is 1. The van der Waals surface area contributed by atoms with Crippen molar-refractivity contribution in [3.63, 3.8) is 0 Å². The van der Waals surface area contributed by atoms with Crippen LogP contribution in [0, 0.1) is 6.92 Å². The first-order valence-corrected chi connectivity index (χ1v) is 6.90. The summed E-state index contributed by atoms with van der Waals surface area (Å²) >= 11 is 0. The minimum absolute atomic E-state index is 0. The second kappa shape index (κ2) is 7.57. The molecule has 0 fully saturated rings. The van der Waals surface area contributed by atoms with Crippen molar-refractivity contribution in [2.45, 2.75) is 39.8 Å². The van der Waals surface area contributed by atoms with E-state index < -0.39 is 0 Å². The molecule has 2 aromatic rings. The highest BCUT2D eigenvalue weighted by Gasteiger charge is 2.09. The molecule has 0 amide bonds. The maximum Gasteiger partial charge on any atom is 0.189 e. The van der Waals surface area contributed by atoms with E-state index in [1.165, 1.54) is 0 Å². The van der Waals surface area contributed by atoms with Gasteiger partial charge in [-0.2, -0.15) is 5.10 Å². The number of benzene rings is 1. The van der Waals surface area contributed by atoms with E-state index in [1.807, 2.05) is 52.0 Å². The lowest BCUT2D eigenvalue weighted by Gasteiger charge is -2.21. The Hall–Kier alpha value is -1.64. The summed E-state index contributed by atoms with van der Waals surface area (Å²) in [5.74, 6) is 1.94. The number of rotatable bonds is 3. The van der Waals surface area contributed by atoms with E-state index in [2.05, 4.69) is 25.5 Å². The average molecular weight is 414 g/mol. The molecule has 4 N–H and O–H groups in total. The molecule has 6 nitrogen and oxygen atoms in total. The Labute approximate surface area is 148 Å². The normalized spacial score (nSPS) is 11.9. The van der Waals surface area contributed by atoms with Crippen molar-refractivity contribution in [1.82, 2.24) is 20.5 Å². The predicted molar refractivity (Wildman–Crippen MR) is 100 cm³/mol. The number of nitrogens with one attached hydrogen (secondary N) is 2. The highest BCUT2D eigenvalue weighted by molar-refractivity contribution is 14.0. The number of hydrogen-bond acceptors (Lipinski definition) is 3. The van der Waals surface area contributed by atoms with Crippen molar-refractivity contribution >= 4 is 29.9 Å². The van der Waals surface area contributed by atoms with Gasteiger partial charge < -0.3 is 11.1 Å². The molecule has 1 aromatic heterocycles. The number of aromatic nitrogens is 3. The minimum Gasteiger partial charge on any atom is -0.370 e. The highest BCUT2D eigenvalue weighted by Crippen LogP contribution is 2.16. The Balaban J connectivity index is 0.00000242. The zero-order valence-electron chi connectivity index (χ0n) is 13.3. The lowest BCUT2D eigenvalue weighted by atomic mass is 10.1. The summed E-state index contributed by atoms with van der Waals surface area (Å²) in [5.41, 5.74) is 7.81. The third-order valence-electron chi connectivity index (χ3n) is 2.72. The van der Waals surface area contributed by atoms with Crippen LogP contribution >= 0.6 is 24.0 Å². The summed E-state index contributed by atoms with van der Waals surface area (Å²) in [6.45, 7) is 8.53. The molecule has 22 heavy (non-hydrogen) atoms. The third-order valence-corrected chi connectivity index (χ3v) is 2.72. The van der Waals surface area contributed by atoms with E-state index >= 15 is 0 Å². The van der Waals surface area contributed by atoms with Crippen molar-refractivity contribution < 1.29 is 0 Å². The third kappa shape index (κ3) is 5.63. The zero-order valence-corrected chi connectivity index (χ0v) is 15.7. The van der Waals surface area contributed by atoms with Crippen molar-refractivity contribution in [2.24, 2.45) is 10.7 Å². The molecule has 1 heterocycles. The van der Waals surface area contributed by atoms with Crippen molar-refractivity contribution in [3.8, 4) is 11.4 Å². The molecule has 2 rings (SSSR count). The van der Waals surface area contributed by atoms with Crippen LogP contribution in [0.25, 0.3) is 11.4 Å². The molecule has 0 radical (unpaired) electrons. The predicted octanol–water partition coefficient (Wildman–Crippen LogP) is 2.60. The average Bonchev–Trinajstić information content (AvgIpc) is 2.82. The van der Waals surface area contributed by atoms with Crippen LogP contribution in [0.1, 0.15) is 32.2 Å². The summed E-state index contributed by atoms with van der Waals surface area (Å²) in [5, 5.41) is 10.1. The number of guanidine groups is 1. The summed E-state index contributed by atoms with van der Waals surface area (Å²) < 4.78 is 0. The molecule has 7 heteroatoms. The van der Waals surface area contributed by atoms with Crippen LogP contribution in [-0.2, 0) is 6.54 Å². The number of halogens is 1. The maximum atomic E-state index is 5.87. The van der Waals surface area contributed by atoms with Gasteiger partial charge in [-0.05, 0) is 39.3 Å². The Kier molecular flexibility index (Phi) is 6.34. The van der Waals surface area contributed by atoms with Gasteiger partial charge >= 0.3 is 0 Å². The Morgan fingerprint density at radius 1 is 1.36 bits per heavy atom. The standard InChI is InChI=1S/C15H22N6.HI/c1-10-18-13(21-20-10)12-7-5-6-11(8-12)9-17-14(16)19-15(2,3)4;/h5-8H,9H2,1-4H3,(H3,16,17,19)(H,18,20,21);1H. The summed E-state index contributed by atoms with van der Waals surface area (Å²) in [6, 6.07) is 7.99. The van der Waals surface area contributed by atoms with E-state index in [0.29, 0.717) is 18.3 Å².